The topological polar surface area (TPSA) is 8.17 Å². The summed E-state index contributed by atoms with van der Waals surface area (Å²) in [5.74, 6) is 0. The quantitative estimate of drug-likeness (QED) is 0.170. The molecule has 0 N–H and O–H groups in total. The number of rotatable bonds is 5. The molecule has 0 saturated carbocycles. The van der Waals surface area contributed by atoms with E-state index in [-0.39, 0.29) is 0 Å². The van der Waals surface area contributed by atoms with Gasteiger partial charge >= 0.3 is 0 Å². The maximum atomic E-state index is 2.47. The minimum absolute atomic E-state index is 1.11. The van der Waals surface area contributed by atoms with Crippen molar-refractivity contribution in [3.63, 3.8) is 0 Å². The normalized spacial score (nSPS) is 11.9. The van der Waals surface area contributed by atoms with E-state index >= 15 is 0 Å². The maximum Gasteiger partial charge on any atom is 0.0619 e. The van der Waals surface area contributed by atoms with Crippen LogP contribution in [0.15, 0.2) is 206 Å². The summed E-state index contributed by atoms with van der Waals surface area (Å²) in [6.07, 6.45) is 0. The Morgan fingerprint density at radius 2 is 0.982 bits per heavy atom. The average molecular weight is 743 g/mol. The Hall–Kier alpha value is -7.20. The largest absolute Gasteiger partial charge is 0.310 e. The summed E-state index contributed by atoms with van der Waals surface area (Å²) in [6, 6.07) is 75.9. The van der Waals surface area contributed by atoms with Crippen molar-refractivity contribution >= 4 is 103 Å². The number of nitrogens with zero attached hydrogens (tertiary/aromatic N) is 2. The fourth-order valence-corrected chi connectivity index (χ4v) is 10.3. The first kappa shape index (κ1) is 32.1. The van der Waals surface area contributed by atoms with E-state index in [2.05, 4.69) is 216 Å². The molecular formula is C54H34N2S. The minimum Gasteiger partial charge on any atom is -0.310 e. The fourth-order valence-electron chi connectivity index (χ4n) is 9.15. The first-order valence-electron chi connectivity index (χ1n) is 19.5. The van der Waals surface area contributed by atoms with Crippen molar-refractivity contribution in [2.24, 2.45) is 0 Å². The molecule has 0 radical (unpaired) electrons. The molecule has 0 atom stereocenters. The fraction of sp³-hybridized carbons (Fsp3) is 0. The van der Waals surface area contributed by atoms with Crippen molar-refractivity contribution in [1.29, 1.82) is 0 Å². The maximum absolute atomic E-state index is 2.47. The Balaban J connectivity index is 1.17. The average Bonchev–Trinajstić information content (AvgIpc) is 3.83. The summed E-state index contributed by atoms with van der Waals surface area (Å²) in [4.78, 5) is 2.47. The summed E-state index contributed by atoms with van der Waals surface area (Å²) < 4.78 is 5.05. The van der Waals surface area contributed by atoms with Gasteiger partial charge in [-0.15, -0.1) is 11.3 Å². The number of benzene rings is 10. The van der Waals surface area contributed by atoms with Gasteiger partial charge < -0.3 is 9.47 Å². The summed E-state index contributed by atoms with van der Waals surface area (Å²) in [6.45, 7) is 0. The van der Waals surface area contributed by atoms with Crippen molar-refractivity contribution in [2.75, 3.05) is 4.90 Å². The van der Waals surface area contributed by atoms with E-state index in [4.69, 9.17) is 0 Å². The zero-order chi connectivity index (χ0) is 37.5. The molecule has 0 spiro atoms. The predicted molar refractivity (Wildman–Crippen MR) is 246 cm³/mol. The lowest BCUT2D eigenvalue weighted by Crippen LogP contribution is -2.10. The number of hydrogen-bond donors (Lipinski definition) is 0. The second kappa shape index (κ2) is 12.7. The van der Waals surface area contributed by atoms with E-state index in [1.165, 1.54) is 85.4 Å². The Bertz CT molecular complexity index is 3520. The highest BCUT2D eigenvalue weighted by Gasteiger charge is 2.21. The van der Waals surface area contributed by atoms with Crippen LogP contribution < -0.4 is 4.90 Å². The van der Waals surface area contributed by atoms with Crippen LogP contribution in [0.1, 0.15) is 0 Å². The van der Waals surface area contributed by atoms with Gasteiger partial charge in [0.2, 0.25) is 0 Å². The molecule has 2 aromatic heterocycles. The lowest BCUT2D eigenvalue weighted by Gasteiger charge is -2.27. The summed E-state index contributed by atoms with van der Waals surface area (Å²) >= 11 is 1.87. The highest BCUT2D eigenvalue weighted by molar-refractivity contribution is 7.26. The van der Waals surface area contributed by atoms with Crippen molar-refractivity contribution in [3.05, 3.63) is 206 Å². The SMILES string of the molecule is c1ccc(-c2cc(N(c3ccc4sc5ccc6ccccc6c5c4c3)c3ccc4c(c3)c3ccc5ccccc5c3n4-c3ccccc3)cc3ccccc23)cc1. The van der Waals surface area contributed by atoms with Crippen molar-refractivity contribution < 1.29 is 0 Å². The lowest BCUT2D eigenvalue weighted by atomic mass is 9.96. The molecule has 0 fully saturated rings. The standard InChI is InChI=1S/C54H34N2S/c1-3-13-35(14-4-1)47-34-42(31-38-17-9-10-20-43(38)47)55(41-26-30-51-49(33-41)53-44-21-11-7-15-36(44)24-29-52(53)57-51)40-25-28-50-48(32-40)46-27-23-37-16-8-12-22-45(37)54(46)56(50)39-18-5-2-6-19-39/h1-34H. The second-order valence-electron chi connectivity index (χ2n) is 14.9. The van der Waals surface area contributed by atoms with Gasteiger partial charge in [-0.25, -0.2) is 0 Å². The van der Waals surface area contributed by atoms with Gasteiger partial charge in [0.25, 0.3) is 0 Å². The van der Waals surface area contributed by atoms with Crippen LogP contribution in [0.25, 0.3) is 91.1 Å². The van der Waals surface area contributed by atoms with Crippen LogP contribution in [0.5, 0.6) is 0 Å². The molecule has 3 heteroatoms. The third-order valence-electron chi connectivity index (χ3n) is 11.7. The van der Waals surface area contributed by atoms with Crippen LogP contribution >= 0.6 is 11.3 Å². The van der Waals surface area contributed by atoms with Gasteiger partial charge in [0.05, 0.1) is 11.0 Å². The Morgan fingerprint density at radius 3 is 1.79 bits per heavy atom. The predicted octanol–water partition coefficient (Wildman–Crippen LogP) is 15.7. The van der Waals surface area contributed by atoms with E-state index in [1.54, 1.807) is 0 Å². The molecule has 0 unspecified atom stereocenters. The highest BCUT2D eigenvalue weighted by Crippen LogP contribution is 2.46. The van der Waals surface area contributed by atoms with Gasteiger partial charge in [0.1, 0.15) is 0 Å². The lowest BCUT2D eigenvalue weighted by molar-refractivity contribution is 1.18. The van der Waals surface area contributed by atoms with Gasteiger partial charge in [-0.2, -0.15) is 0 Å². The third kappa shape index (κ3) is 5.03. The molecule has 10 aromatic carbocycles. The third-order valence-corrected chi connectivity index (χ3v) is 12.8. The van der Waals surface area contributed by atoms with Gasteiger partial charge in [-0.1, -0.05) is 140 Å². The van der Waals surface area contributed by atoms with E-state index in [0.29, 0.717) is 0 Å². The van der Waals surface area contributed by atoms with E-state index in [1.807, 2.05) is 11.3 Å². The molecule has 266 valence electrons. The highest BCUT2D eigenvalue weighted by atomic mass is 32.1. The number of thiophene rings is 1. The van der Waals surface area contributed by atoms with Gasteiger partial charge in [-0.05, 0) is 105 Å². The number of para-hydroxylation sites is 1. The molecule has 12 aromatic rings. The van der Waals surface area contributed by atoms with Crippen molar-refractivity contribution in [1.82, 2.24) is 4.57 Å². The Labute approximate surface area is 333 Å². The molecular weight excluding hydrogens is 709 g/mol. The minimum atomic E-state index is 1.11. The number of fused-ring (bicyclic) bond motifs is 11. The van der Waals surface area contributed by atoms with E-state index in [9.17, 15) is 0 Å². The van der Waals surface area contributed by atoms with Crippen LogP contribution in [0.2, 0.25) is 0 Å². The van der Waals surface area contributed by atoms with Gasteiger partial charge in [0.15, 0.2) is 0 Å². The Morgan fingerprint density at radius 1 is 0.368 bits per heavy atom. The number of aromatic nitrogens is 1. The van der Waals surface area contributed by atoms with Crippen LogP contribution in [0.4, 0.5) is 17.1 Å². The van der Waals surface area contributed by atoms with Gasteiger partial charge in [-0.3, -0.25) is 0 Å². The van der Waals surface area contributed by atoms with Crippen LogP contribution in [-0.2, 0) is 0 Å². The molecule has 2 heterocycles. The van der Waals surface area contributed by atoms with Crippen LogP contribution in [0.3, 0.4) is 0 Å². The van der Waals surface area contributed by atoms with E-state index < -0.39 is 0 Å². The van der Waals surface area contributed by atoms with Crippen LogP contribution in [-0.4, -0.2) is 4.57 Å². The molecule has 0 aliphatic carbocycles. The van der Waals surface area contributed by atoms with Crippen molar-refractivity contribution in [2.45, 2.75) is 0 Å². The molecule has 0 saturated heterocycles. The monoisotopic (exact) mass is 742 g/mol. The number of hydrogen-bond acceptors (Lipinski definition) is 2. The first-order chi connectivity index (χ1) is 28.3. The smallest absolute Gasteiger partial charge is 0.0619 e. The molecule has 0 aliphatic heterocycles. The van der Waals surface area contributed by atoms with Crippen LogP contribution in [0, 0.1) is 0 Å². The molecule has 0 bridgehead atoms. The first-order valence-corrected chi connectivity index (χ1v) is 20.3. The molecule has 0 aliphatic rings. The summed E-state index contributed by atoms with van der Waals surface area (Å²) in [7, 11) is 0. The Kier molecular flexibility index (Phi) is 7.13. The summed E-state index contributed by atoms with van der Waals surface area (Å²) in [5, 5.41) is 12.6. The zero-order valence-electron chi connectivity index (χ0n) is 30.9. The second-order valence-corrected chi connectivity index (χ2v) is 16.0. The van der Waals surface area contributed by atoms with E-state index in [0.717, 1.165) is 22.7 Å². The molecule has 12 rings (SSSR count). The molecule has 2 nitrogen and oxygen atoms in total. The molecule has 57 heavy (non-hydrogen) atoms. The summed E-state index contributed by atoms with van der Waals surface area (Å²) in [5.41, 5.74) is 9.35. The zero-order valence-corrected chi connectivity index (χ0v) is 31.7. The number of anilines is 3. The molecule has 0 amide bonds. The van der Waals surface area contributed by atoms with Gasteiger partial charge in [0, 0.05) is 59.1 Å². The van der Waals surface area contributed by atoms with Crippen molar-refractivity contribution in [3.8, 4) is 16.8 Å².